The predicted octanol–water partition coefficient (Wildman–Crippen LogP) is 3.61. The standard InChI is InChI=1S/C19H27N5S.HI/c1-20-17(21-12-16-13-25-18(23-16)24(2)3)22-14-19(10-7-11-19)15-8-5-4-6-9-15;/h4-6,8-9,13H,7,10-12,14H2,1-3H3,(H2,20,21,22);1H. The molecule has 0 amide bonds. The molecule has 2 N–H and O–H groups in total. The van der Waals surface area contributed by atoms with Crippen LogP contribution in [-0.4, -0.2) is 38.6 Å². The van der Waals surface area contributed by atoms with Crippen LogP contribution in [0.15, 0.2) is 40.7 Å². The van der Waals surface area contributed by atoms with E-state index in [4.69, 9.17) is 0 Å². The van der Waals surface area contributed by atoms with Crippen LogP contribution in [0.2, 0.25) is 0 Å². The third-order valence-corrected chi connectivity index (χ3v) is 5.93. The van der Waals surface area contributed by atoms with E-state index < -0.39 is 0 Å². The van der Waals surface area contributed by atoms with Crippen LogP contribution in [0.25, 0.3) is 0 Å². The Labute approximate surface area is 177 Å². The van der Waals surface area contributed by atoms with Crippen molar-refractivity contribution in [2.75, 3.05) is 32.6 Å². The lowest BCUT2D eigenvalue weighted by Gasteiger charge is -2.43. The number of rotatable bonds is 6. The van der Waals surface area contributed by atoms with E-state index in [9.17, 15) is 0 Å². The molecule has 0 saturated heterocycles. The monoisotopic (exact) mass is 485 g/mol. The van der Waals surface area contributed by atoms with Gasteiger partial charge in [0.25, 0.3) is 0 Å². The number of nitrogens with zero attached hydrogens (tertiary/aromatic N) is 3. The van der Waals surface area contributed by atoms with Gasteiger partial charge in [-0.15, -0.1) is 35.3 Å². The van der Waals surface area contributed by atoms with Crippen LogP contribution in [0, 0.1) is 0 Å². The van der Waals surface area contributed by atoms with E-state index >= 15 is 0 Å². The Morgan fingerprint density at radius 1 is 1.23 bits per heavy atom. The first kappa shape index (κ1) is 21.0. The summed E-state index contributed by atoms with van der Waals surface area (Å²) in [5.41, 5.74) is 2.72. The van der Waals surface area contributed by atoms with Crippen LogP contribution in [-0.2, 0) is 12.0 Å². The summed E-state index contributed by atoms with van der Waals surface area (Å²) in [5, 5.41) is 10.0. The summed E-state index contributed by atoms with van der Waals surface area (Å²) in [6, 6.07) is 10.8. The van der Waals surface area contributed by atoms with Gasteiger partial charge in [-0.2, -0.15) is 0 Å². The molecular formula is C19H28IN5S. The van der Waals surface area contributed by atoms with Crippen molar-refractivity contribution in [2.45, 2.75) is 31.2 Å². The molecule has 1 fully saturated rings. The van der Waals surface area contributed by atoms with Crippen LogP contribution in [0.4, 0.5) is 5.13 Å². The number of guanidine groups is 1. The molecule has 1 aromatic carbocycles. The molecular weight excluding hydrogens is 457 g/mol. The minimum absolute atomic E-state index is 0. The average molecular weight is 485 g/mol. The SMILES string of the molecule is CN=C(NCc1csc(N(C)C)n1)NCC1(c2ccccc2)CCC1.I. The van der Waals surface area contributed by atoms with Crippen LogP contribution in [0.3, 0.4) is 0 Å². The lowest BCUT2D eigenvalue weighted by Crippen LogP contribution is -2.48. The second kappa shape index (κ2) is 9.55. The molecule has 26 heavy (non-hydrogen) atoms. The smallest absolute Gasteiger partial charge is 0.191 e. The van der Waals surface area contributed by atoms with Crippen molar-refractivity contribution in [2.24, 2.45) is 4.99 Å². The molecule has 1 aromatic heterocycles. The lowest BCUT2D eigenvalue weighted by molar-refractivity contribution is 0.244. The van der Waals surface area contributed by atoms with Gasteiger partial charge in [0.2, 0.25) is 0 Å². The van der Waals surface area contributed by atoms with Gasteiger partial charge in [0.15, 0.2) is 11.1 Å². The highest BCUT2D eigenvalue weighted by Crippen LogP contribution is 2.43. The van der Waals surface area contributed by atoms with E-state index in [0.717, 1.165) is 23.3 Å². The van der Waals surface area contributed by atoms with Gasteiger partial charge in [0.1, 0.15) is 0 Å². The number of halogens is 1. The minimum atomic E-state index is 0. The first-order valence-electron chi connectivity index (χ1n) is 8.75. The molecule has 5 nitrogen and oxygen atoms in total. The van der Waals surface area contributed by atoms with Crippen LogP contribution < -0.4 is 15.5 Å². The Morgan fingerprint density at radius 3 is 2.50 bits per heavy atom. The molecule has 0 spiro atoms. The lowest BCUT2D eigenvalue weighted by atomic mass is 9.64. The Morgan fingerprint density at radius 2 is 1.96 bits per heavy atom. The van der Waals surface area contributed by atoms with Crippen molar-refractivity contribution in [3.05, 3.63) is 47.0 Å². The van der Waals surface area contributed by atoms with Crippen LogP contribution >= 0.6 is 35.3 Å². The van der Waals surface area contributed by atoms with E-state index in [1.54, 1.807) is 11.3 Å². The first-order valence-corrected chi connectivity index (χ1v) is 9.63. The van der Waals surface area contributed by atoms with Crippen molar-refractivity contribution in [3.63, 3.8) is 0 Å². The predicted molar refractivity (Wildman–Crippen MR) is 122 cm³/mol. The quantitative estimate of drug-likeness (QED) is 0.373. The van der Waals surface area contributed by atoms with Gasteiger partial charge in [-0.25, -0.2) is 4.98 Å². The molecule has 0 aliphatic heterocycles. The van der Waals surface area contributed by atoms with E-state index in [-0.39, 0.29) is 29.4 Å². The first-order chi connectivity index (χ1) is 12.1. The molecule has 0 bridgehead atoms. The largest absolute Gasteiger partial charge is 0.356 e. The summed E-state index contributed by atoms with van der Waals surface area (Å²) in [6.45, 7) is 1.60. The number of anilines is 1. The number of benzene rings is 1. The molecule has 1 saturated carbocycles. The van der Waals surface area contributed by atoms with Gasteiger partial charge in [0.05, 0.1) is 12.2 Å². The van der Waals surface area contributed by atoms with E-state index in [0.29, 0.717) is 6.54 Å². The zero-order valence-corrected chi connectivity index (χ0v) is 18.8. The molecule has 0 radical (unpaired) electrons. The van der Waals surface area contributed by atoms with Gasteiger partial charge >= 0.3 is 0 Å². The third kappa shape index (κ3) is 4.88. The van der Waals surface area contributed by atoms with Crippen molar-refractivity contribution < 1.29 is 0 Å². The van der Waals surface area contributed by atoms with E-state index in [1.807, 2.05) is 26.0 Å². The minimum Gasteiger partial charge on any atom is -0.356 e. The molecule has 1 aliphatic rings. The molecule has 0 unspecified atom stereocenters. The van der Waals surface area contributed by atoms with Crippen LogP contribution in [0.5, 0.6) is 0 Å². The van der Waals surface area contributed by atoms with Crippen molar-refractivity contribution in [1.82, 2.24) is 15.6 Å². The van der Waals surface area contributed by atoms with Gasteiger partial charge in [0, 0.05) is 38.5 Å². The summed E-state index contributed by atoms with van der Waals surface area (Å²) in [5.74, 6) is 0.835. The number of hydrogen-bond donors (Lipinski definition) is 2. The molecule has 1 aliphatic carbocycles. The highest BCUT2D eigenvalue weighted by molar-refractivity contribution is 14.0. The zero-order chi connectivity index (χ0) is 17.7. The fourth-order valence-electron chi connectivity index (χ4n) is 3.19. The number of aromatic nitrogens is 1. The molecule has 142 valence electrons. The van der Waals surface area contributed by atoms with Gasteiger partial charge in [-0.1, -0.05) is 36.8 Å². The maximum Gasteiger partial charge on any atom is 0.191 e. The van der Waals surface area contributed by atoms with Crippen molar-refractivity contribution in [3.8, 4) is 0 Å². The molecule has 1 heterocycles. The molecule has 7 heteroatoms. The highest BCUT2D eigenvalue weighted by Gasteiger charge is 2.38. The third-order valence-electron chi connectivity index (χ3n) is 4.87. The number of nitrogens with one attached hydrogen (secondary N) is 2. The average Bonchev–Trinajstić information content (AvgIpc) is 3.07. The van der Waals surface area contributed by atoms with E-state index in [2.05, 4.69) is 56.3 Å². The van der Waals surface area contributed by atoms with Crippen LogP contribution in [0.1, 0.15) is 30.5 Å². The van der Waals surface area contributed by atoms with E-state index in [1.165, 1.54) is 24.8 Å². The van der Waals surface area contributed by atoms with Crippen molar-refractivity contribution >= 4 is 46.4 Å². The molecule has 0 atom stereocenters. The maximum absolute atomic E-state index is 4.60. The number of thiazole rings is 1. The second-order valence-corrected chi connectivity index (χ2v) is 7.63. The Bertz CT molecular complexity index is 710. The van der Waals surface area contributed by atoms with Gasteiger partial charge in [-0.05, 0) is 18.4 Å². The summed E-state index contributed by atoms with van der Waals surface area (Å²) < 4.78 is 0. The Hall–Kier alpha value is -1.35. The topological polar surface area (TPSA) is 52.6 Å². The van der Waals surface area contributed by atoms with Gasteiger partial charge in [-0.3, -0.25) is 4.99 Å². The summed E-state index contributed by atoms with van der Waals surface area (Å²) in [6.07, 6.45) is 3.77. The van der Waals surface area contributed by atoms with Crippen molar-refractivity contribution in [1.29, 1.82) is 0 Å². The highest BCUT2D eigenvalue weighted by atomic mass is 127. The second-order valence-electron chi connectivity index (χ2n) is 6.80. The molecule has 3 rings (SSSR count). The fraction of sp³-hybridized carbons (Fsp3) is 0.474. The Kier molecular flexibility index (Phi) is 7.69. The number of hydrogen-bond acceptors (Lipinski definition) is 4. The fourth-order valence-corrected chi connectivity index (χ4v) is 3.95. The zero-order valence-electron chi connectivity index (χ0n) is 15.7. The summed E-state index contributed by atoms with van der Waals surface area (Å²) in [4.78, 5) is 11.0. The number of aliphatic imine (C=N–C) groups is 1. The maximum atomic E-state index is 4.60. The summed E-state index contributed by atoms with van der Waals surface area (Å²) >= 11 is 1.66. The van der Waals surface area contributed by atoms with Gasteiger partial charge < -0.3 is 15.5 Å². The normalized spacial score (nSPS) is 15.6. The Balaban J connectivity index is 0.00000243. The molecule has 2 aromatic rings. The summed E-state index contributed by atoms with van der Waals surface area (Å²) in [7, 11) is 5.84.